The molecule has 0 saturated carbocycles. The smallest absolute Gasteiger partial charge is 0.169 e. The minimum atomic E-state index is 0.515. The maximum absolute atomic E-state index is 11.4. The molecule has 1 aromatic carbocycles. The number of carbonyl (C=O) groups is 1. The number of pyridine rings is 1. The summed E-state index contributed by atoms with van der Waals surface area (Å²) in [5, 5.41) is 0.573. The third-order valence-corrected chi connectivity index (χ3v) is 3.28. The molecule has 94 valence electrons. The molecule has 0 saturated heterocycles. The molecule has 0 aliphatic heterocycles. The average Bonchev–Trinajstić information content (AvgIpc) is 2.77. The van der Waals surface area contributed by atoms with E-state index in [1.165, 1.54) is 5.56 Å². The zero-order valence-electron chi connectivity index (χ0n) is 10.3. The first-order valence-electron chi connectivity index (χ1n) is 5.89. The fourth-order valence-corrected chi connectivity index (χ4v) is 2.23. The molecule has 0 radical (unpaired) electrons. The molecule has 0 amide bonds. The van der Waals surface area contributed by atoms with Crippen LogP contribution >= 0.6 is 11.6 Å². The first-order chi connectivity index (χ1) is 9.19. The first-order valence-corrected chi connectivity index (χ1v) is 6.26. The van der Waals surface area contributed by atoms with Crippen molar-refractivity contribution in [1.29, 1.82) is 0 Å². The molecular weight excluding hydrogens is 260 g/mol. The van der Waals surface area contributed by atoms with Crippen molar-refractivity contribution in [3.05, 3.63) is 58.9 Å². The van der Waals surface area contributed by atoms with Gasteiger partial charge in [0.1, 0.15) is 17.0 Å². The molecule has 0 N–H and O–H groups in total. The van der Waals surface area contributed by atoms with Crippen LogP contribution in [0, 0.1) is 6.92 Å². The third kappa shape index (κ3) is 2.02. The molecule has 0 unspecified atom stereocenters. The van der Waals surface area contributed by atoms with Gasteiger partial charge in [-0.15, -0.1) is 0 Å². The number of fused-ring (bicyclic) bond motifs is 1. The van der Waals surface area contributed by atoms with Gasteiger partial charge in [0.25, 0.3) is 0 Å². The van der Waals surface area contributed by atoms with Crippen LogP contribution in [0.2, 0.25) is 5.02 Å². The summed E-state index contributed by atoms with van der Waals surface area (Å²) >= 11 is 5.96. The standard InChI is InChI=1S/C15H11ClN2O/c1-10-2-4-11(5-3-10)15-13(9-19)18-8-12(16)6-7-14(18)17-15/h2-9H,1H3. The number of aryl methyl sites for hydroxylation is 1. The van der Waals surface area contributed by atoms with Crippen LogP contribution in [0.1, 0.15) is 16.1 Å². The van der Waals surface area contributed by atoms with E-state index in [9.17, 15) is 4.79 Å². The average molecular weight is 271 g/mol. The summed E-state index contributed by atoms with van der Waals surface area (Å²) in [5.41, 5.74) is 4.00. The van der Waals surface area contributed by atoms with Crippen molar-refractivity contribution in [1.82, 2.24) is 9.38 Å². The summed E-state index contributed by atoms with van der Waals surface area (Å²) in [6, 6.07) is 11.5. The van der Waals surface area contributed by atoms with E-state index in [2.05, 4.69) is 4.98 Å². The van der Waals surface area contributed by atoms with Gasteiger partial charge in [-0.3, -0.25) is 9.20 Å². The number of carbonyl (C=O) groups excluding carboxylic acids is 1. The molecule has 0 aliphatic carbocycles. The van der Waals surface area contributed by atoms with E-state index >= 15 is 0 Å². The fourth-order valence-electron chi connectivity index (χ4n) is 2.07. The molecule has 0 aliphatic rings. The zero-order chi connectivity index (χ0) is 13.4. The highest BCUT2D eigenvalue weighted by molar-refractivity contribution is 6.30. The topological polar surface area (TPSA) is 34.4 Å². The van der Waals surface area contributed by atoms with E-state index in [0.29, 0.717) is 22.1 Å². The Morgan fingerprint density at radius 2 is 1.89 bits per heavy atom. The van der Waals surface area contributed by atoms with Crippen LogP contribution in [0.3, 0.4) is 0 Å². The Balaban J connectivity index is 2.28. The van der Waals surface area contributed by atoms with Crippen molar-refractivity contribution in [3.8, 4) is 11.3 Å². The van der Waals surface area contributed by atoms with Gasteiger partial charge in [-0.1, -0.05) is 41.4 Å². The summed E-state index contributed by atoms with van der Waals surface area (Å²) in [4.78, 5) is 15.8. The van der Waals surface area contributed by atoms with Gasteiger partial charge in [-0.05, 0) is 19.1 Å². The molecular formula is C15H11ClN2O. The number of hydrogen-bond donors (Lipinski definition) is 0. The van der Waals surface area contributed by atoms with Crippen LogP contribution in [-0.2, 0) is 0 Å². The van der Waals surface area contributed by atoms with Gasteiger partial charge in [-0.2, -0.15) is 0 Å². The van der Waals surface area contributed by atoms with Crippen LogP contribution < -0.4 is 0 Å². The molecule has 4 heteroatoms. The Hall–Kier alpha value is -2.13. The number of aldehydes is 1. The summed E-state index contributed by atoms with van der Waals surface area (Å²) < 4.78 is 1.71. The van der Waals surface area contributed by atoms with Gasteiger partial charge in [-0.25, -0.2) is 4.98 Å². The third-order valence-electron chi connectivity index (χ3n) is 3.06. The molecule has 0 bridgehead atoms. The second-order valence-corrected chi connectivity index (χ2v) is 4.84. The fraction of sp³-hybridized carbons (Fsp3) is 0.0667. The lowest BCUT2D eigenvalue weighted by molar-refractivity contribution is 0.111. The van der Waals surface area contributed by atoms with E-state index in [1.807, 2.05) is 31.2 Å². The largest absolute Gasteiger partial charge is 0.296 e. The maximum atomic E-state index is 11.4. The number of rotatable bonds is 2. The van der Waals surface area contributed by atoms with Gasteiger partial charge in [0, 0.05) is 11.8 Å². The zero-order valence-corrected chi connectivity index (χ0v) is 11.1. The molecule has 2 heterocycles. The van der Waals surface area contributed by atoms with Crippen LogP contribution in [0.25, 0.3) is 16.9 Å². The van der Waals surface area contributed by atoms with Gasteiger partial charge in [0.05, 0.1) is 5.02 Å². The molecule has 0 fully saturated rings. The van der Waals surface area contributed by atoms with E-state index in [1.54, 1.807) is 22.7 Å². The number of benzene rings is 1. The van der Waals surface area contributed by atoms with Crippen molar-refractivity contribution in [2.75, 3.05) is 0 Å². The van der Waals surface area contributed by atoms with Crippen LogP contribution in [-0.4, -0.2) is 15.7 Å². The number of imidazole rings is 1. The van der Waals surface area contributed by atoms with Crippen molar-refractivity contribution in [3.63, 3.8) is 0 Å². The SMILES string of the molecule is Cc1ccc(-c2nc3ccc(Cl)cn3c2C=O)cc1. The molecule has 0 atom stereocenters. The molecule has 19 heavy (non-hydrogen) atoms. The Kier molecular flexibility index (Phi) is 2.84. The summed E-state index contributed by atoms with van der Waals surface area (Å²) in [6.07, 6.45) is 2.51. The van der Waals surface area contributed by atoms with Crippen molar-refractivity contribution in [2.24, 2.45) is 0 Å². The molecule has 3 rings (SSSR count). The van der Waals surface area contributed by atoms with E-state index in [4.69, 9.17) is 11.6 Å². The lowest BCUT2D eigenvalue weighted by Gasteiger charge is -1.99. The number of aromatic nitrogens is 2. The van der Waals surface area contributed by atoms with Crippen LogP contribution in [0.15, 0.2) is 42.6 Å². The molecule has 2 aromatic heterocycles. The number of hydrogen-bond acceptors (Lipinski definition) is 2. The minimum Gasteiger partial charge on any atom is -0.296 e. The highest BCUT2D eigenvalue weighted by Gasteiger charge is 2.13. The maximum Gasteiger partial charge on any atom is 0.169 e. The number of halogens is 1. The second-order valence-electron chi connectivity index (χ2n) is 4.41. The monoisotopic (exact) mass is 270 g/mol. The summed E-state index contributed by atoms with van der Waals surface area (Å²) in [5.74, 6) is 0. The van der Waals surface area contributed by atoms with Gasteiger partial charge in [0.15, 0.2) is 6.29 Å². The second kappa shape index (κ2) is 4.52. The minimum absolute atomic E-state index is 0.515. The normalized spacial score (nSPS) is 10.8. The van der Waals surface area contributed by atoms with Crippen molar-refractivity contribution >= 4 is 23.5 Å². The summed E-state index contributed by atoms with van der Waals surface area (Å²) in [7, 11) is 0. The molecule has 3 aromatic rings. The van der Waals surface area contributed by atoms with Crippen molar-refractivity contribution < 1.29 is 4.79 Å². The Morgan fingerprint density at radius 3 is 2.58 bits per heavy atom. The predicted molar refractivity (Wildman–Crippen MR) is 75.8 cm³/mol. The van der Waals surface area contributed by atoms with Crippen LogP contribution in [0.4, 0.5) is 0 Å². The van der Waals surface area contributed by atoms with Crippen molar-refractivity contribution in [2.45, 2.75) is 6.92 Å². The number of nitrogens with zero attached hydrogens (tertiary/aromatic N) is 2. The Bertz CT molecular complexity index is 760. The highest BCUT2D eigenvalue weighted by Crippen LogP contribution is 2.24. The quantitative estimate of drug-likeness (QED) is 0.664. The van der Waals surface area contributed by atoms with Gasteiger partial charge in [0.2, 0.25) is 0 Å². The highest BCUT2D eigenvalue weighted by atomic mass is 35.5. The van der Waals surface area contributed by atoms with Gasteiger partial charge >= 0.3 is 0 Å². The van der Waals surface area contributed by atoms with E-state index < -0.39 is 0 Å². The first kappa shape index (κ1) is 11.9. The van der Waals surface area contributed by atoms with E-state index in [-0.39, 0.29) is 0 Å². The lowest BCUT2D eigenvalue weighted by atomic mass is 10.1. The Morgan fingerprint density at radius 1 is 1.16 bits per heavy atom. The molecule has 0 spiro atoms. The lowest BCUT2D eigenvalue weighted by Crippen LogP contribution is -1.92. The summed E-state index contributed by atoms with van der Waals surface area (Å²) in [6.45, 7) is 2.02. The van der Waals surface area contributed by atoms with E-state index in [0.717, 1.165) is 11.8 Å². The van der Waals surface area contributed by atoms with Crippen LogP contribution in [0.5, 0.6) is 0 Å². The van der Waals surface area contributed by atoms with Gasteiger partial charge < -0.3 is 0 Å². The molecule has 3 nitrogen and oxygen atoms in total. The Labute approximate surface area is 115 Å². The predicted octanol–water partition coefficient (Wildman–Crippen LogP) is 3.78.